The summed E-state index contributed by atoms with van der Waals surface area (Å²) in [5, 5.41) is 5.52. The van der Waals surface area contributed by atoms with Crippen LogP contribution in [0.1, 0.15) is 27.9 Å². The standard InChI is InChI=1S/C12H16N2S2/c1-9-12(16-8-14-9)11(13-2)6-5-10-4-3-7-15-10/h3-4,7-8,11,13H,5-6H2,1-2H3. The fraction of sp³-hybridized carbons (Fsp3) is 0.417. The van der Waals surface area contributed by atoms with Gasteiger partial charge in [-0.1, -0.05) is 6.07 Å². The second kappa shape index (κ2) is 5.57. The van der Waals surface area contributed by atoms with Crippen molar-refractivity contribution in [2.45, 2.75) is 25.8 Å². The Morgan fingerprint density at radius 1 is 1.44 bits per heavy atom. The molecule has 1 unspecified atom stereocenters. The minimum absolute atomic E-state index is 0.439. The zero-order valence-electron chi connectivity index (χ0n) is 9.56. The lowest BCUT2D eigenvalue weighted by atomic mass is 10.1. The highest BCUT2D eigenvalue weighted by Gasteiger charge is 2.14. The average Bonchev–Trinajstić information content (AvgIpc) is 2.92. The highest BCUT2D eigenvalue weighted by Crippen LogP contribution is 2.26. The van der Waals surface area contributed by atoms with Gasteiger partial charge in [-0.25, -0.2) is 4.98 Å². The van der Waals surface area contributed by atoms with Gasteiger partial charge in [-0.15, -0.1) is 22.7 Å². The van der Waals surface area contributed by atoms with Crippen molar-refractivity contribution in [2.75, 3.05) is 7.05 Å². The molecule has 2 nitrogen and oxygen atoms in total. The lowest BCUT2D eigenvalue weighted by Crippen LogP contribution is -2.16. The molecule has 2 heterocycles. The first-order valence-corrected chi connectivity index (χ1v) is 7.17. The van der Waals surface area contributed by atoms with Crippen LogP contribution in [0.4, 0.5) is 0 Å². The maximum atomic E-state index is 4.31. The molecule has 0 bridgehead atoms. The highest BCUT2D eigenvalue weighted by atomic mass is 32.1. The van der Waals surface area contributed by atoms with E-state index in [4.69, 9.17) is 0 Å². The SMILES string of the molecule is CNC(CCc1cccs1)c1scnc1C. The Balaban J connectivity index is 1.99. The Bertz CT molecular complexity index is 420. The van der Waals surface area contributed by atoms with E-state index in [0.29, 0.717) is 6.04 Å². The van der Waals surface area contributed by atoms with Crippen molar-refractivity contribution in [2.24, 2.45) is 0 Å². The molecule has 0 spiro atoms. The van der Waals surface area contributed by atoms with Gasteiger partial charge in [-0.05, 0) is 38.3 Å². The largest absolute Gasteiger partial charge is 0.312 e. The quantitative estimate of drug-likeness (QED) is 0.882. The molecule has 0 aromatic carbocycles. The third-order valence-electron chi connectivity index (χ3n) is 2.71. The van der Waals surface area contributed by atoms with Crippen LogP contribution in [0.25, 0.3) is 0 Å². The highest BCUT2D eigenvalue weighted by molar-refractivity contribution is 7.10. The van der Waals surface area contributed by atoms with E-state index < -0.39 is 0 Å². The molecule has 0 aliphatic carbocycles. The number of thiazole rings is 1. The molecule has 16 heavy (non-hydrogen) atoms. The van der Waals surface area contributed by atoms with Crippen LogP contribution in [0.3, 0.4) is 0 Å². The third-order valence-corrected chi connectivity index (χ3v) is 4.69. The lowest BCUT2D eigenvalue weighted by Gasteiger charge is -2.14. The number of hydrogen-bond donors (Lipinski definition) is 1. The summed E-state index contributed by atoms with van der Waals surface area (Å²) in [7, 11) is 2.03. The van der Waals surface area contributed by atoms with Crippen LogP contribution in [-0.4, -0.2) is 12.0 Å². The van der Waals surface area contributed by atoms with Gasteiger partial charge in [0.15, 0.2) is 0 Å². The second-order valence-electron chi connectivity index (χ2n) is 3.76. The van der Waals surface area contributed by atoms with E-state index in [1.54, 1.807) is 11.3 Å². The molecule has 0 fully saturated rings. The van der Waals surface area contributed by atoms with Gasteiger partial charge in [0.2, 0.25) is 0 Å². The van der Waals surface area contributed by atoms with Crippen molar-refractivity contribution in [3.05, 3.63) is 38.5 Å². The number of hydrogen-bond acceptors (Lipinski definition) is 4. The van der Waals surface area contributed by atoms with Crippen molar-refractivity contribution in [3.63, 3.8) is 0 Å². The normalized spacial score (nSPS) is 12.9. The van der Waals surface area contributed by atoms with Crippen LogP contribution in [0.15, 0.2) is 23.0 Å². The molecule has 0 amide bonds. The van der Waals surface area contributed by atoms with Gasteiger partial charge < -0.3 is 5.32 Å². The summed E-state index contributed by atoms with van der Waals surface area (Å²) < 4.78 is 0. The third kappa shape index (κ3) is 2.70. The van der Waals surface area contributed by atoms with Crippen molar-refractivity contribution < 1.29 is 0 Å². The Hall–Kier alpha value is -0.710. The summed E-state index contributed by atoms with van der Waals surface area (Å²) in [6.45, 7) is 2.08. The molecule has 0 aliphatic heterocycles. The van der Waals surface area contributed by atoms with E-state index in [9.17, 15) is 0 Å². The van der Waals surface area contributed by atoms with Gasteiger partial charge in [0, 0.05) is 15.8 Å². The van der Waals surface area contributed by atoms with E-state index in [0.717, 1.165) is 18.5 Å². The lowest BCUT2D eigenvalue weighted by molar-refractivity contribution is 0.556. The number of aryl methyl sites for hydroxylation is 2. The molecule has 0 saturated heterocycles. The monoisotopic (exact) mass is 252 g/mol. The van der Waals surface area contributed by atoms with Gasteiger partial charge in [0.05, 0.1) is 11.2 Å². The molecule has 2 rings (SSSR count). The predicted octanol–water partition coefficient (Wildman–Crippen LogP) is 3.41. The summed E-state index contributed by atoms with van der Waals surface area (Å²) in [5.74, 6) is 0. The number of rotatable bonds is 5. The molecule has 0 radical (unpaired) electrons. The molecular weight excluding hydrogens is 236 g/mol. The van der Waals surface area contributed by atoms with Crippen LogP contribution in [0.2, 0.25) is 0 Å². The molecule has 0 saturated carbocycles. The molecule has 2 aromatic heterocycles. The van der Waals surface area contributed by atoms with Crippen LogP contribution in [0, 0.1) is 6.92 Å². The van der Waals surface area contributed by atoms with Gasteiger partial charge in [0.1, 0.15) is 0 Å². The Labute approximate surface area is 104 Å². The first-order valence-electron chi connectivity index (χ1n) is 5.41. The van der Waals surface area contributed by atoms with E-state index in [1.807, 2.05) is 23.9 Å². The summed E-state index contributed by atoms with van der Waals surface area (Å²) in [6, 6.07) is 4.76. The summed E-state index contributed by atoms with van der Waals surface area (Å²) in [6.07, 6.45) is 2.28. The van der Waals surface area contributed by atoms with Crippen LogP contribution in [0.5, 0.6) is 0 Å². The van der Waals surface area contributed by atoms with E-state index >= 15 is 0 Å². The number of nitrogens with zero attached hydrogens (tertiary/aromatic N) is 1. The zero-order valence-corrected chi connectivity index (χ0v) is 11.2. The summed E-state index contributed by atoms with van der Waals surface area (Å²) in [5.41, 5.74) is 3.09. The molecule has 2 aromatic rings. The summed E-state index contributed by atoms with van der Waals surface area (Å²) >= 11 is 3.59. The Morgan fingerprint density at radius 3 is 2.88 bits per heavy atom. The van der Waals surface area contributed by atoms with Crippen molar-refractivity contribution in [3.8, 4) is 0 Å². The van der Waals surface area contributed by atoms with Crippen molar-refractivity contribution >= 4 is 22.7 Å². The Morgan fingerprint density at radius 2 is 2.31 bits per heavy atom. The molecule has 1 N–H and O–H groups in total. The van der Waals surface area contributed by atoms with Crippen LogP contribution >= 0.6 is 22.7 Å². The minimum atomic E-state index is 0.439. The number of thiophene rings is 1. The van der Waals surface area contributed by atoms with Crippen LogP contribution < -0.4 is 5.32 Å². The zero-order chi connectivity index (χ0) is 11.4. The number of nitrogens with one attached hydrogen (secondary N) is 1. The average molecular weight is 252 g/mol. The van der Waals surface area contributed by atoms with Gasteiger partial charge in [-0.2, -0.15) is 0 Å². The Kier molecular flexibility index (Phi) is 4.09. The maximum Gasteiger partial charge on any atom is 0.0798 e. The fourth-order valence-electron chi connectivity index (χ4n) is 1.79. The topological polar surface area (TPSA) is 24.9 Å². The van der Waals surface area contributed by atoms with Crippen LogP contribution in [-0.2, 0) is 6.42 Å². The maximum absolute atomic E-state index is 4.31. The summed E-state index contributed by atoms with van der Waals surface area (Å²) in [4.78, 5) is 7.15. The van der Waals surface area contributed by atoms with Gasteiger partial charge in [0.25, 0.3) is 0 Å². The predicted molar refractivity (Wildman–Crippen MR) is 71.3 cm³/mol. The first-order chi connectivity index (χ1) is 7.81. The first kappa shape index (κ1) is 11.8. The van der Waals surface area contributed by atoms with Gasteiger partial charge >= 0.3 is 0 Å². The number of aromatic nitrogens is 1. The minimum Gasteiger partial charge on any atom is -0.312 e. The van der Waals surface area contributed by atoms with E-state index in [1.165, 1.54) is 9.75 Å². The second-order valence-corrected chi connectivity index (χ2v) is 5.68. The van der Waals surface area contributed by atoms with Gasteiger partial charge in [-0.3, -0.25) is 0 Å². The van der Waals surface area contributed by atoms with E-state index in [-0.39, 0.29) is 0 Å². The smallest absolute Gasteiger partial charge is 0.0798 e. The van der Waals surface area contributed by atoms with E-state index in [2.05, 4.69) is 34.7 Å². The van der Waals surface area contributed by atoms with Crippen molar-refractivity contribution in [1.82, 2.24) is 10.3 Å². The van der Waals surface area contributed by atoms with Crippen molar-refractivity contribution in [1.29, 1.82) is 0 Å². The molecule has 1 atom stereocenters. The molecular formula is C12H16N2S2. The molecule has 86 valence electrons. The molecule has 0 aliphatic rings. The fourth-order valence-corrected chi connectivity index (χ4v) is 3.47. The molecule has 4 heteroatoms.